The first-order valence-electron chi connectivity index (χ1n) is 32.6. The third-order valence-electron chi connectivity index (χ3n) is 19.8. The minimum absolute atomic E-state index is 0.0466. The fraction of sp³-hybridized carbons (Fsp3) is 0.451. The molecule has 1 saturated heterocycles. The summed E-state index contributed by atoms with van der Waals surface area (Å²) in [5.41, 5.74) is 11.8. The summed E-state index contributed by atoms with van der Waals surface area (Å²) in [6.07, 6.45) is 4.56. The van der Waals surface area contributed by atoms with Crippen LogP contribution in [-0.4, -0.2) is 123 Å². The van der Waals surface area contributed by atoms with Crippen molar-refractivity contribution in [3.63, 3.8) is 0 Å². The van der Waals surface area contributed by atoms with Crippen LogP contribution in [0, 0.1) is 12.8 Å². The van der Waals surface area contributed by atoms with Gasteiger partial charge in [-0.3, -0.25) is 9.59 Å². The third kappa shape index (κ3) is 13.0. The number of nitrogens with zero attached hydrogens (tertiary/aromatic N) is 3. The van der Waals surface area contributed by atoms with Crippen molar-refractivity contribution in [2.75, 3.05) is 44.7 Å². The predicted molar refractivity (Wildman–Crippen MR) is 352 cm³/mol. The van der Waals surface area contributed by atoms with Crippen LogP contribution in [0.5, 0.6) is 28.7 Å². The zero-order valence-corrected chi connectivity index (χ0v) is 56.2. The molecule has 7 heterocycles. The van der Waals surface area contributed by atoms with Crippen LogP contribution in [0.2, 0.25) is 0 Å². The van der Waals surface area contributed by atoms with Gasteiger partial charge in [-0.25, -0.2) is 35.7 Å². The number of benzene rings is 5. The van der Waals surface area contributed by atoms with Crippen LogP contribution in [0.15, 0.2) is 85.2 Å². The number of fused-ring (bicyclic) bond motifs is 5. The third-order valence-corrected chi connectivity index (χ3v) is 22.1. The highest BCUT2D eigenvalue weighted by atomic mass is 32.2. The molecule has 0 saturated carbocycles. The molecule has 2 amide bonds. The number of aromatic hydroxyl groups is 2. The highest BCUT2D eigenvalue weighted by Crippen LogP contribution is 2.50. The number of carbonyl (C=O) groups is 3. The minimum Gasteiger partial charge on any atom is -0.744 e. The highest BCUT2D eigenvalue weighted by molar-refractivity contribution is 7.89. The number of Topliss-reactive ketones (excluding diaryl/α,β-unsaturated/α-hetero) is 1. The zero-order chi connectivity index (χ0) is 67.7. The van der Waals surface area contributed by atoms with Gasteiger partial charge >= 0.3 is 11.7 Å². The molecule has 6 aromatic rings. The average Bonchev–Trinajstić information content (AvgIpc) is 0.708. The maximum absolute atomic E-state index is 14.2. The van der Waals surface area contributed by atoms with Gasteiger partial charge in [0.1, 0.15) is 63.6 Å². The van der Waals surface area contributed by atoms with E-state index in [1.54, 1.807) is 34.7 Å². The van der Waals surface area contributed by atoms with Gasteiger partial charge in [-0.15, -0.1) is 0 Å². The summed E-state index contributed by atoms with van der Waals surface area (Å²) in [6.45, 7) is 14.1. The lowest BCUT2D eigenvalue weighted by molar-refractivity contribution is -0.283. The van der Waals surface area contributed by atoms with Crippen LogP contribution in [0.3, 0.4) is 0 Å². The van der Waals surface area contributed by atoms with E-state index < -0.39 is 84.7 Å². The van der Waals surface area contributed by atoms with E-state index in [4.69, 9.17) is 29.1 Å². The van der Waals surface area contributed by atoms with Gasteiger partial charge in [0, 0.05) is 120 Å². The number of sulfonamides is 1. The molecule has 0 radical (unpaired) electrons. The van der Waals surface area contributed by atoms with Crippen LogP contribution in [-0.2, 0) is 79.5 Å². The first kappa shape index (κ1) is 66.9. The minimum atomic E-state index is -5.28. The number of primary amides is 1. The maximum Gasteiger partial charge on any atom is 0.404 e. The van der Waals surface area contributed by atoms with E-state index in [-0.39, 0.29) is 87.0 Å². The summed E-state index contributed by atoms with van der Waals surface area (Å²) >= 11 is 0. The number of ether oxygens (including phenoxy) is 4. The lowest BCUT2D eigenvalue weighted by Gasteiger charge is -2.47. The Labute approximate surface area is 551 Å². The predicted octanol–water partition coefficient (Wildman–Crippen LogP) is 7.26. The molecule has 6 aliphatic heterocycles. The second-order valence-corrected chi connectivity index (χ2v) is 29.9. The Morgan fingerprint density at radius 1 is 0.884 bits per heavy atom. The van der Waals surface area contributed by atoms with E-state index in [9.17, 15) is 55.9 Å². The van der Waals surface area contributed by atoms with Crippen molar-refractivity contribution in [1.82, 2.24) is 14.2 Å². The van der Waals surface area contributed by atoms with Gasteiger partial charge in [-0.05, 0) is 152 Å². The van der Waals surface area contributed by atoms with Crippen LogP contribution in [0.25, 0.3) is 16.5 Å². The Hall–Kier alpha value is -8.13. The summed E-state index contributed by atoms with van der Waals surface area (Å²) in [5.74, 6) is -0.615. The van der Waals surface area contributed by atoms with E-state index in [1.807, 2.05) is 19.9 Å². The molecule has 4 atom stereocenters. The fourth-order valence-corrected chi connectivity index (χ4v) is 16.5. The Bertz CT molecular complexity index is 4640. The number of anilines is 1. The molecule has 0 aliphatic carbocycles. The van der Waals surface area contributed by atoms with Crippen molar-refractivity contribution in [3.8, 4) is 28.7 Å². The number of aryl methyl sites for hydroxylation is 3. The summed E-state index contributed by atoms with van der Waals surface area (Å²) in [4.78, 5) is 56.1. The first-order valence-corrected chi connectivity index (χ1v) is 35.5. The molecule has 12 rings (SSSR count). The average molecular weight is 1340 g/mol. The van der Waals surface area contributed by atoms with Gasteiger partial charge in [0.05, 0.1) is 31.9 Å². The Balaban J connectivity index is 0.717. The van der Waals surface area contributed by atoms with Gasteiger partial charge in [-0.2, -0.15) is 0 Å². The molecule has 5 aromatic carbocycles. The van der Waals surface area contributed by atoms with Crippen LogP contribution in [0.1, 0.15) is 152 Å². The molecule has 6 aliphatic rings. The van der Waals surface area contributed by atoms with Crippen molar-refractivity contribution in [3.05, 3.63) is 148 Å². The molecule has 24 heteroatoms. The smallest absolute Gasteiger partial charge is 0.404 e. The Morgan fingerprint density at radius 3 is 2.34 bits per heavy atom. The molecule has 0 unspecified atom stereocenters. The number of aliphatic hydroxyl groups excluding tert-OH is 1. The van der Waals surface area contributed by atoms with Crippen molar-refractivity contribution in [2.24, 2.45) is 11.7 Å². The second kappa shape index (κ2) is 26.1. The Kier molecular flexibility index (Phi) is 18.4. The topological polar surface area (TPSA) is 318 Å². The van der Waals surface area contributed by atoms with Crippen molar-refractivity contribution in [2.45, 2.75) is 172 Å². The number of allylic oxidation sites excluding steroid dienone is 2. The van der Waals surface area contributed by atoms with E-state index >= 15 is 0 Å². The number of hydrogen-bond acceptors (Lipinski definition) is 18. The van der Waals surface area contributed by atoms with E-state index in [0.717, 1.165) is 111 Å². The summed E-state index contributed by atoms with van der Waals surface area (Å²) in [5, 5.41) is 36.3. The molecule has 1 fully saturated rings. The normalized spacial score (nSPS) is 19.4. The number of carbonyl (C=O) groups excluding carboxylic acids is 3. The molecule has 1 aromatic heterocycles. The van der Waals surface area contributed by atoms with E-state index in [0.29, 0.717) is 52.7 Å². The molecular weight excluding hydrogens is 1260 g/mol. The summed E-state index contributed by atoms with van der Waals surface area (Å²) < 4.78 is 104. The number of nitrogens with two attached hydrogens (primary N) is 1. The van der Waals surface area contributed by atoms with E-state index in [1.165, 1.54) is 52.3 Å². The number of phenols is 1. The van der Waals surface area contributed by atoms with Crippen molar-refractivity contribution >= 4 is 60.2 Å². The number of amides is 2. The zero-order valence-electron chi connectivity index (χ0n) is 54.5. The van der Waals surface area contributed by atoms with Gasteiger partial charge < -0.3 is 58.8 Å². The Morgan fingerprint density at radius 2 is 1.60 bits per heavy atom. The lowest BCUT2D eigenvalue weighted by Crippen LogP contribution is -2.61. The van der Waals surface area contributed by atoms with Gasteiger partial charge in [-0.1, -0.05) is 31.1 Å². The number of rotatable bonds is 20. The van der Waals surface area contributed by atoms with Crippen LogP contribution < -0.4 is 45.6 Å². The van der Waals surface area contributed by atoms with Crippen LogP contribution >= 0.6 is 0 Å². The first-order chi connectivity index (χ1) is 45.1. The number of phenolic OH excluding ortho intramolecular Hbond substituents is 1. The number of nitrogens with one attached hydrogen (secondary N) is 1. The molecular formula is C71H81N5O17S2. The monoisotopic (exact) mass is 1340 g/mol. The molecule has 0 bridgehead atoms. The lowest BCUT2D eigenvalue weighted by atomic mass is 9.82. The summed E-state index contributed by atoms with van der Waals surface area (Å²) in [7, 11) is -8.10. The quantitative estimate of drug-likeness (QED) is 0.0125. The standard InChI is InChI=1S/C71H81N5O17S2/c1-38(2)20-21-43-31-44(54(77)36-53-62(80)50-24-25-55(39(3)64(50)91-68(53)82)89-69-63(81)65(92-70(72)83)40(4)71(5,6)93-69)32-45(61(43)79)37-74(7)57(78)19-9-8-10-26-73-94(84,85)46-22-23-47(56(35-46)95(86,87)88)58-51-33-41-15-11-27-75-29-13-17-48(59(41)75)66(51)90-67-49-18-14-30-76-28-12-16-42(60(49)76)34-52(58)67/h20,22-25,31-35,40,63,65,69,73,81H,8-19,21,26-30,36-37H2,1-7H3,(H4-,72,77,79,80,82,83,86,87,88)/t40-,63-,65-,69-/m1/s1. The van der Waals surface area contributed by atoms with Gasteiger partial charge in [0.2, 0.25) is 27.6 Å². The SMILES string of the molecule is CC(C)=CCc1cc(C(=O)Cc2c(O)c3ccc(O[C@@H]4OC(C)(C)[C@H](C)[C@@H](OC(N)=O)[C@H]4O)c(C)c3oc2=O)cc(CN(C)C(=O)CCCCCNS(=O)(=O)c2ccc(C3=c4cc5c6c(c4Oc4c3cc3c7c4CCCN7CCC3)CCC[N+]=6CCC5)c(S(=O)(=O)[O-])c2)c1O. The van der Waals surface area contributed by atoms with Crippen LogP contribution in [0.4, 0.5) is 10.5 Å². The number of hydrogen-bond donors (Lipinski definition) is 5. The molecule has 504 valence electrons. The van der Waals surface area contributed by atoms with Crippen molar-refractivity contribution < 1.29 is 74.5 Å². The van der Waals surface area contributed by atoms with E-state index in [2.05, 4.69) is 26.3 Å². The molecule has 0 spiro atoms. The number of ketones is 1. The van der Waals surface area contributed by atoms with Gasteiger partial charge in [0.15, 0.2) is 11.9 Å². The molecule has 22 nitrogen and oxygen atoms in total. The molecule has 95 heavy (non-hydrogen) atoms. The second-order valence-electron chi connectivity index (χ2n) is 26.8. The largest absolute Gasteiger partial charge is 0.744 e. The van der Waals surface area contributed by atoms with Crippen molar-refractivity contribution in [1.29, 1.82) is 0 Å². The molecule has 6 N–H and O–H groups in total. The highest BCUT2D eigenvalue weighted by Gasteiger charge is 2.51. The number of aliphatic hydroxyl groups is 1. The summed E-state index contributed by atoms with van der Waals surface area (Å²) in [6, 6.07) is 13.8. The maximum atomic E-state index is 14.2. The number of unbranched alkanes of at least 4 members (excludes halogenated alkanes) is 2. The van der Waals surface area contributed by atoms with Gasteiger partial charge in [0.25, 0.3) is 0 Å². The fourth-order valence-electron chi connectivity index (χ4n) is 14.6.